The van der Waals surface area contributed by atoms with Gasteiger partial charge in [-0.1, -0.05) is 182 Å². The monoisotopic (exact) mass is 831 g/mol. The molecule has 0 bridgehead atoms. The van der Waals surface area contributed by atoms with E-state index < -0.39 is 8.07 Å². The third-order valence-electron chi connectivity index (χ3n) is 13.6. The second-order valence-corrected chi connectivity index (χ2v) is 20.7. The fraction of sp³-hybridized carbons (Fsp3) is 0. The van der Waals surface area contributed by atoms with Crippen molar-refractivity contribution >= 4 is 94.2 Å². The highest BCUT2D eigenvalue weighted by Crippen LogP contribution is 2.43. The van der Waals surface area contributed by atoms with Crippen molar-refractivity contribution < 1.29 is 0 Å². The Labute approximate surface area is 372 Å². The number of para-hydroxylation sites is 4. The molecule has 3 heterocycles. The van der Waals surface area contributed by atoms with Gasteiger partial charge in [0.15, 0.2) is 8.07 Å². The van der Waals surface area contributed by atoms with E-state index in [1.807, 2.05) is 0 Å². The Morgan fingerprint density at radius 2 is 0.656 bits per heavy atom. The van der Waals surface area contributed by atoms with Crippen LogP contribution in [0.2, 0.25) is 0 Å². The maximum Gasteiger partial charge on any atom is 0.179 e. The molecule has 300 valence electrons. The highest BCUT2D eigenvalue weighted by Gasteiger charge is 2.41. The Bertz CT molecular complexity index is 3790. The normalized spacial score (nSPS) is 12.1. The summed E-state index contributed by atoms with van der Waals surface area (Å²) in [5.74, 6) is 0. The van der Waals surface area contributed by atoms with Crippen molar-refractivity contribution in [2.75, 3.05) is 0 Å². The van der Waals surface area contributed by atoms with E-state index in [1.165, 1.54) is 86.2 Å². The smallest absolute Gasteiger partial charge is 0.179 e. The molecule has 3 aromatic heterocycles. The van der Waals surface area contributed by atoms with Gasteiger partial charge in [-0.05, 0) is 87.5 Å². The van der Waals surface area contributed by atoms with Crippen LogP contribution < -0.4 is 20.7 Å². The minimum atomic E-state index is -2.78. The zero-order chi connectivity index (χ0) is 42.2. The molecule has 10 aromatic carbocycles. The number of hydrogen-bond acceptors (Lipinski definition) is 0. The highest BCUT2D eigenvalue weighted by atomic mass is 28.3. The third kappa shape index (κ3) is 5.27. The Morgan fingerprint density at radius 1 is 0.234 bits per heavy atom. The van der Waals surface area contributed by atoms with Gasteiger partial charge in [-0.25, -0.2) is 0 Å². The summed E-state index contributed by atoms with van der Waals surface area (Å²) in [6, 6.07) is 92.2. The third-order valence-corrected chi connectivity index (χ3v) is 18.3. The molecule has 3 nitrogen and oxygen atoms in total. The molecule has 13 rings (SSSR count). The van der Waals surface area contributed by atoms with E-state index in [0.717, 1.165) is 17.1 Å². The van der Waals surface area contributed by atoms with Crippen LogP contribution in [0.5, 0.6) is 0 Å². The van der Waals surface area contributed by atoms with Gasteiger partial charge in [0.25, 0.3) is 0 Å². The first kappa shape index (κ1) is 36.5. The summed E-state index contributed by atoms with van der Waals surface area (Å²) in [4.78, 5) is 0. The van der Waals surface area contributed by atoms with Crippen molar-refractivity contribution in [2.24, 2.45) is 0 Å². The number of nitrogens with zero attached hydrogens (tertiary/aromatic N) is 3. The largest absolute Gasteiger partial charge is 0.309 e. The minimum Gasteiger partial charge on any atom is -0.309 e. The van der Waals surface area contributed by atoms with Crippen LogP contribution in [0.15, 0.2) is 249 Å². The van der Waals surface area contributed by atoms with Crippen LogP contribution in [-0.2, 0) is 0 Å². The standard InChI is InChI=1S/C60H41N3Si/c1-5-20-42(21-6-1)61-54-33-16-14-31-50(54)53-41-44(36-38-57(53)61)63-55-34-17-13-30-49(55)51-37-39-58-59(60(51)63)52-32-15-18-35-56(52)62(58)43-22-19-29-48(40-43)64(45-23-7-2-8-24-45,46-25-9-3-10-26-46)47-27-11-4-12-28-47/h1-41H. The molecule has 0 aliphatic carbocycles. The van der Waals surface area contributed by atoms with Crippen LogP contribution in [0.3, 0.4) is 0 Å². The molecular formula is C60H41N3Si. The zero-order valence-electron chi connectivity index (χ0n) is 35.0. The van der Waals surface area contributed by atoms with E-state index in [9.17, 15) is 0 Å². The van der Waals surface area contributed by atoms with Crippen LogP contribution in [0.25, 0.3) is 82.5 Å². The van der Waals surface area contributed by atoms with Gasteiger partial charge in [0, 0.05) is 49.4 Å². The van der Waals surface area contributed by atoms with E-state index >= 15 is 0 Å². The predicted molar refractivity (Wildman–Crippen MR) is 273 cm³/mol. The fourth-order valence-corrected chi connectivity index (χ4v) is 15.7. The number of hydrogen-bond donors (Lipinski definition) is 0. The summed E-state index contributed by atoms with van der Waals surface area (Å²) in [6.07, 6.45) is 0. The molecule has 0 fully saturated rings. The van der Waals surface area contributed by atoms with Crippen LogP contribution in [0, 0.1) is 0 Å². The molecule has 13 aromatic rings. The predicted octanol–water partition coefficient (Wildman–Crippen LogP) is 12.4. The van der Waals surface area contributed by atoms with Crippen molar-refractivity contribution in [2.45, 2.75) is 0 Å². The summed E-state index contributed by atoms with van der Waals surface area (Å²) < 4.78 is 7.42. The summed E-state index contributed by atoms with van der Waals surface area (Å²) in [7, 11) is -2.78. The Balaban J connectivity index is 1.10. The summed E-state index contributed by atoms with van der Waals surface area (Å²) in [6.45, 7) is 0. The van der Waals surface area contributed by atoms with E-state index in [4.69, 9.17) is 0 Å². The molecule has 0 spiro atoms. The lowest BCUT2D eigenvalue weighted by Crippen LogP contribution is -2.74. The van der Waals surface area contributed by atoms with Crippen molar-refractivity contribution in [1.82, 2.24) is 13.7 Å². The average molecular weight is 832 g/mol. The first-order valence-corrected chi connectivity index (χ1v) is 24.1. The number of fused-ring (bicyclic) bond motifs is 10. The van der Waals surface area contributed by atoms with Crippen molar-refractivity contribution in [3.63, 3.8) is 0 Å². The molecule has 0 atom stereocenters. The van der Waals surface area contributed by atoms with Crippen molar-refractivity contribution in [3.8, 4) is 17.1 Å². The second kappa shape index (κ2) is 14.5. The van der Waals surface area contributed by atoms with Gasteiger partial charge in [-0.3, -0.25) is 0 Å². The van der Waals surface area contributed by atoms with Gasteiger partial charge < -0.3 is 13.7 Å². The molecule has 64 heavy (non-hydrogen) atoms. The molecular weight excluding hydrogens is 791 g/mol. The topological polar surface area (TPSA) is 14.8 Å². The molecule has 0 unspecified atom stereocenters. The first-order valence-electron chi connectivity index (χ1n) is 22.1. The molecule has 4 heteroatoms. The summed E-state index contributed by atoms with van der Waals surface area (Å²) >= 11 is 0. The minimum absolute atomic E-state index is 1.14. The quantitative estimate of drug-likeness (QED) is 0.112. The van der Waals surface area contributed by atoms with Crippen molar-refractivity contribution in [1.29, 1.82) is 0 Å². The molecule has 0 amide bonds. The van der Waals surface area contributed by atoms with Gasteiger partial charge >= 0.3 is 0 Å². The molecule has 0 saturated heterocycles. The first-order chi connectivity index (χ1) is 31.8. The Hall–Kier alpha value is -8.18. The molecule has 0 radical (unpaired) electrons. The van der Waals surface area contributed by atoms with Crippen molar-refractivity contribution in [3.05, 3.63) is 249 Å². The number of benzene rings is 10. The van der Waals surface area contributed by atoms with Gasteiger partial charge in [0.2, 0.25) is 0 Å². The summed E-state index contributed by atoms with van der Waals surface area (Å²) in [5, 5.41) is 12.9. The maximum atomic E-state index is 2.52. The van der Waals surface area contributed by atoms with Crippen LogP contribution in [0.4, 0.5) is 0 Å². The van der Waals surface area contributed by atoms with E-state index in [-0.39, 0.29) is 0 Å². The Kier molecular flexibility index (Phi) is 8.23. The van der Waals surface area contributed by atoms with Gasteiger partial charge in [0.05, 0.1) is 33.1 Å². The molecule has 0 aliphatic heterocycles. The van der Waals surface area contributed by atoms with Gasteiger partial charge in [-0.15, -0.1) is 0 Å². The van der Waals surface area contributed by atoms with Gasteiger partial charge in [-0.2, -0.15) is 0 Å². The fourth-order valence-electron chi connectivity index (χ4n) is 11.0. The van der Waals surface area contributed by atoms with E-state index in [1.54, 1.807) is 0 Å². The van der Waals surface area contributed by atoms with Crippen LogP contribution in [-0.4, -0.2) is 21.8 Å². The maximum absolute atomic E-state index is 2.78. The lowest BCUT2D eigenvalue weighted by molar-refractivity contribution is 1.17. The molecule has 0 aliphatic rings. The lowest BCUT2D eigenvalue weighted by Gasteiger charge is -2.34. The SMILES string of the molecule is c1ccc(-n2c3ccccc3c3cc(-n4c5ccccc5c5ccc6c(c7ccccc7n6-c6cccc([Si](c7ccccc7)(c7ccccc7)c7ccccc7)c6)c54)ccc32)cc1. The average Bonchev–Trinajstić information content (AvgIpc) is 4.01. The lowest BCUT2D eigenvalue weighted by atomic mass is 10.1. The zero-order valence-corrected chi connectivity index (χ0v) is 36.0. The van der Waals surface area contributed by atoms with E-state index in [0.29, 0.717) is 0 Å². The number of rotatable bonds is 7. The molecule has 0 N–H and O–H groups in total. The number of aromatic nitrogens is 3. The van der Waals surface area contributed by atoms with Gasteiger partial charge in [0.1, 0.15) is 0 Å². The Morgan fingerprint density at radius 3 is 1.28 bits per heavy atom. The summed E-state index contributed by atoms with van der Waals surface area (Å²) in [5.41, 5.74) is 10.6. The van der Waals surface area contributed by atoms with E-state index in [2.05, 4.69) is 262 Å². The van der Waals surface area contributed by atoms with Crippen LogP contribution in [0.1, 0.15) is 0 Å². The van der Waals surface area contributed by atoms with Crippen LogP contribution >= 0.6 is 0 Å². The molecule has 0 saturated carbocycles. The second-order valence-electron chi connectivity index (χ2n) is 16.8. The highest BCUT2D eigenvalue weighted by molar-refractivity contribution is 7.19.